The maximum absolute atomic E-state index is 12.9. The zero-order chi connectivity index (χ0) is 16.8. The molecule has 7 heteroatoms. The smallest absolute Gasteiger partial charge is 0.306 e. The van der Waals surface area contributed by atoms with E-state index in [0.717, 1.165) is 4.90 Å². The second-order valence-corrected chi connectivity index (χ2v) is 6.63. The fraction of sp³-hybridized carbons (Fsp3) is 0.500. The molecule has 23 heavy (non-hydrogen) atoms. The van der Waals surface area contributed by atoms with Gasteiger partial charge in [-0.15, -0.1) is 11.8 Å². The number of amides is 1. The van der Waals surface area contributed by atoms with Gasteiger partial charge < -0.3 is 14.7 Å². The predicted molar refractivity (Wildman–Crippen MR) is 84.9 cm³/mol. The van der Waals surface area contributed by atoms with Crippen LogP contribution in [0.25, 0.3) is 0 Å². The van der Waals surface area contributed by atoms with E-state index in [1.807, 2.05) is 6.92 Å². The van der Waals surface area contributed by atoms with Crippen molar-refractivity contribution < 1.29 is 23.8 Å². The van der Waals surface area contributed by atoms with E-state index in [0.29, 0.717) is 25.4 Å². The normalized spacial score (nSPS) is 19.4. The number of carboxylic acids is 1. The van der Waals surface area contributed by atoms with Gasteiger partial charge in [-0.05, 0) is 24.3 Å². The highest BCUT2D eigenvalue weighted by atomic mass is 32.2. The highest BCUT2D eigenvalue weighted by Gasteiger charge is 2.28. The lowest BCUT2D eigenvalue weighted by Crippen LogP contribution is -2.48. The molecule has 1 heterocycles. The first-order chi connectivity index (χ1) is 11.0. The van der Waals surface area contributed by atoms with Gasteiger partial charge in [0.05, 0.1) is 19.1 Å². The Morgan fingerprint density at radius 2 is 2.13 bits per heavy atom. The minimum atomic E-state index is -0.927. The number of hydrogen-bond acceptors (Lipinski definition) is 4. The van der Waals surface area contributed by atoms with Crippen LogP contribution in [0.15, 0.2) is 29.2 Å². The molecule has 2 atom stereocenters. The topological polar surface area (TPSA) is 66.8 Å². The Bertz CT molecular complexity index is 552. The molecule has 1 amide bonds. The largest absolute Gasteiger partial charge is 0.481 e. The Morgan fingerprint density at radius 1 is 1.43 bits per heavy atom. The van der Waals surface area contributed by atoms with Gasteiger partial charge in [-0.1, -0.05) is 6.92 Å². The average Bonchev–Trinajstić information content (AvgIpc) is 2.53. The summed E-state index contributed by atoms with van der Waals surface area (Å²) in [5.74, 6) is -0.821. The fourth-order valence-corrected chi connectivity index (χ4v) is 3.29. The fourth-order valence-electron chi connectivity index (χ4n) is 2.37. The second kappa shape index (κ2) is 8.31. The number of thioether (sulfide) groups is 1. The van der Waals surface area contributed by atoms with Crippen LogP contribution in [0, 0.1) is 11.7 Å². The number of nitrogens with zero attached hydrogens (tertiary/aromatic N) is 1. The summed E-state index contributed by atoms with van der Waals surface area (Å²) in [6.45, 7) is 3.01. The van der Waals surface area contributed by atoms with Crippen molar-refractivity contribution in [3.8, 4) is 0 Å². The second-order valence-electron chi connectivity index (χ2n) is 5.54. The van der Waals surface area contributed by atoms with Crippen LogP contribution in [0.2, 0.25) is 0 Å². The Labute approximate surface area is 138 Å². The molecule has 126 valence electrons. The molecule has 0 aliphatic carbocycles. The van der Waals surface area contributed by atoms with Crippen LogP contribution in [0.4, 0.5) is 4.39 Å². The third-order valence-electron chi connectivity index (χ3n) is 3.59. The van der Waals surface area contributed by atoms with E-state index in [-0.39, 0.29) is 24.1 Å². The van der Waals surface area contributed by atoms with Crippen molar-refractivity contribution in [3.63, 3.8) is 0 Å². The molecule has 2 unspecified atom stereocenters. The molecule has 0 radical (unpaired) electrons. The standard InChI is InChI=1S/C16H20FNO4S/c1-11(10-23-14-4-2-12(17)3-5-14)16(21)18-6-7-22-13(9-18)8-15(19)20/h2-5,11,13H,6-10H2,1H3,(H,19,20). The van der Waals surface area contributed by atoms with Crippen molar-refractivity contribution in [2.45, 2.75) is 24.3 Å². The van der Waals surface area contributed by atoms with Crippen molar-refractivity contribution in [2.75, 3.05) is 25.4 Å². The first-order valence-electron chi connectivity index (χ1n) is 7.46. The van der Waals surface area contributed by atoms with Gasteiger partial charge >= 0.3 is 5.97 Å². The Hall–Kier alpha value is -1.60. The Balaban J connectivity index is 1.83. The molecule has 1 aliphatic rings. The van der Waals surface area contributed by atoms with Gasteiger partial charge in [0.25, 0.3) is 0 Å². The molecule has 0 aromatic heterocycles. The summed E-state index contributed by atoms with van der Waals surface area (Å²) in [5, 5.41) is 8.82. The Kier molecular flexibility index (Phi) is 6.41. The van der Waals surface area contributed by atoms with Gasteiger partial charge in [0.15, 0.2) is 0 Å². The third-order valence-corrected chi connectivity index (χ3v) is 4.86. The van der Waals surface area contributed by atoms with Crippen LogP contribution >= 0.6 is 11.8 Å². The van der Waals surface area contributed by atoms with Crippen LogP contribution in [0.3, 0.4) is 0 Å². The van der Waals surface area contributed by atoms with Crippen LogP contribution in [0.5, 0.6) is 0 Å². The van der Waals surface area contributed by atoms with Crippen LogP contribution in [-0.2, 0) is 14.3 Å². The van der Waals surface area contributed by atoms with Crippen molar-refractivity contribution in [1.82, 2.24) is 4.90 Å². The zero-order valence-electron chi connectivity index (χ0n) is 12.9. The molecule has 1 aliphatic heterocycles. The number of benzene rings is 1. The summed E-state index contributed by atoms with van der Waals surface area (Å²) < 4.78 is 18.2. The van der Waals surface area contributed by atoms with Crippen LogP contribution in [0.1, 0.15) is 13.3 Å². The van der Waals surface area contributed by atoms with Crippen LogP contribution < -0.4 is 0 Å². The van der Waals surface area contributed by atoms with E-state index < -0.39 is 12.1 Å². The molecule has 1 aromatic rings. The Morgan fingerprint density at radius 3 is 2.78 bits per heavy atom. The summed E-state index contributed by atoms with van der Waals surface area (Å²) in [6, 6.07) is 6.17. The highest BCUT2D eigenvalue weighted by Crippen LogP contribution is 2.22. The number of carbonyl (C=O) groups is 2. The lowest BCUT2D eigenvalue weighted by Gasteiger charge is -2.33. The number of ether oxygens (including phenoxy) is 1. The molecule has 1 aromatic carbocycles. The summed E-state index contributed by atoms with van der Waals surface area (Å²) in [5.41, 5.74) is 0. The molecule has 1 N–H and O–H groups in total. The zero-order valence-corrected chi connectivity index (χ0v) is 13.7. The maximum Gasteiger partial charge on any atom is 0.306 e. The molecule has 1 saturated heterocycles. The average molecular weight is 341 g/mol. The number of morpholine rings is 1. The van der Waals surface area contributed by atoms with Crippen molar-refractivity contribution in [1.29, 1.82) is 0 Å². The number of hydrogen-bond donors (Lipinski definition) is 1. The molecule has 2 rings (SSSR count). The predicted octanol–water partition coefficient (Wildman–Crippen LogP) is 2.26. The molecule has 1 fully saturated rings. The molecule has 0 saturated carbocycles. The molecular formula is C16H20FNO4S. The van der Waals surface area contributed by atoms with E-state index in [1.165, 1.54) is 23.9 Å². The van der Waals surface area contributed by atoms with E-state index in [9.17, 15) is 14.0 Å². The van der Waals surface area contributed by atoms with Gasteiger partial charge in [0.2, 0.25) is 5.91 Å². The first-order valence-corrected chi connectivity index (χ1v) is 8.45. The van der Waals surface area contributed by atoms with Crippen molar-refractivity contribution >= 4 is 23.6 Å². The van der Waals surface area contributed by atoms with Gasteiger partial charge in [0, 0.05) is 29.7 Å². The number of carboxylic acid groups (broad SMARTS) is 1. The summed E-state index contributed by atoms with van der Waals surface area (Å²) >= 11 is 1.50. The van der Waals surface area contributed by atoms with Gasteiger partial charge in [-0.2, -0.15) is 0 Å². The highest BCUT2D eigenvalue weighted by molar-refractivity contribution is 7.99. The lowest BCUT2D eigenvalue weighted by molar-refractivity contribution is -0.149. The van der Waals surface area contributed by atoms with E-state index in [4.69, 9.17) is 9.84 Å². The number of halogens is 1. The number of aliphatic carboxylic acids is 1. The molecule has 0 bridgehead atoms. The number of carbonyl (C=O) groups excluding carboxylic acids is 1. The lowest BCUT2D eigenvalue weighted by atomic mass is 10.1. The minimum absolute atomic E-state index is 0.00157. The van der Waals surface area contributed by atoms with Gasteiger partial charge in [-0.25, -0.2) is 4.39 Å². The first kappa shape index (κ1) is 17.7. The summed E-state index contributed by atoms with van der Waals surface area (Å²) in [7, 11) is 0. The summed E-state index contributed by atoms with van der Waals surface area (Å²) in [4.78, 5) is 25.8. The third kappa shape index (κ3) is 5.51. The SMILES string of the molecule is CC(CSc1ccc(F)cc1)C(=O)N1CCOC(CC(=O)O)C1. The van der Waals surface area contributed by atoms with Gasteiger partial charge in [0.1, 0.15) is 5.82 Å². The maximum atomic E-state index is 12.9. The van der Waals surface area contributed by atoms with E-state index >= 15 is 0 Å². The molecular weight excluding hydrogens is 321 g/mol. The molecule has 0 spiro atoms. The number of rotatable bonds is 6. The van der Waals surface area contributed by atoms with E-state index in [2.05, 4.69) is 0 Å². The minimum Gasteiger partial charge on any atom is -0.481 e. The van der Waals surface area contributed by atoms with Gasteiger partial charge in [-0.3, -0.25) is 9.59 Å². The van der Waals surface area contributed by atoms with Crippen molar-refractivity contribution in [2.24, 2.45) is 5.92 Å². The quantitative estimate of drug-likeness (QED) is 0.804. The molecule has 5 nitrogen and oxygen atoms in total. The summed E-state index contributed by atoms with van der Waals surface area (Å²) in [6.07, 6.45) is -0.537. The van der Waals surface area contributed by atoms with Crippen LogP contribution in [-0.4, -0.2) is 53.4 Å². The monoisotopic (exact) mass is 341 g/mol. The van der Waals surface area contributed by atoms with E-state index in [1.54, 1.807) is 17.0 Å². The van der Waals surface area contributed by atoms with Crippen molar-refractivity contribution in [3.05, 3.63) is 30.1 Å².